The molecule has 0 aliphatic carbocycles. The number of aliphatic carboxylic acids is 1. The number of aromatic amines is 1. The average Bonchev–Trinajstić information content (AvgIpc) is 3.69. The highest BCUT2D eigenvalue weighted by molar-refractivity contribution is 5.97. The van der Waals surface area contributed by atoms with Crippen LogP contribution in [0, 0.1) is 5.41 Å². The fourth-order valence-corrected chi connectivity index (χ4v) is 6.82. The van der Waals surface area contributed by atoms with E-state index in [1.807, 2.05) is 24.3 Å². The number of carbonyl (C=O) groups is 8. The van der Waals surface area contributed by atoms with E-state index in [1.165, 1.54) is 6.92 Å². The number of carboxylic acids is 1. The maximum absolute atomic E-state index is 14.3. The third kappa shape index (κ3) is 20.6. The number of carbonyl (C=O) groups excluding carboxylic acids is 7. The first-order valence-corrected chi connectivity index (χ1v) is 22.3. The zero-order chi connectivity index (χ0) is 49.0. The van der Waals surface area contributed by atoms with Crippen LogP contribution >= 0.6 is 0 Å². The molecule has 2 rings (SSSR count). The highest BCUT2D eigenvalue weighted by Gasteiger charge is 2.32. The van der Waals surface area contributed by atoms with E-state index in [1.54, 1.807) is 6.20 Å². The lowest BCUT2D eigenvalue weighted by molar-refractivity contribution is -0.142. The van der Waals surface area contributed by atoms with Crippen molar-refractivity contribution in [3.8, 4) is 0 Å². The van der Waals surface area contributed by atoms with E-state index < -0.39 is 90.1 Å². The molecule has 0 aliphatic heterocycles. The fourth-order valence-electron chi connectivity index (χ4n) is 6.82. The maximum atomic E-state index is 14.3. The number of aromatic nitrogens is 1. The number of carboxylic acid groups (broad SMARTS) is 1. The van der Waals surface area contributed by atoms with E-state index >= 15 is 0 Å². The van der Waals surface area contributed by atoms with Crippen LogP contribution in [0.3, 0.4) is 0 Å². The molecule has 0 aliphatic rings. The Hall–Kier alpha value is -6.37. The first-order valence-electron chi connectivity index (χ1n) is 22.3. The molecule has 21 N–H and O–H groups in total. The van der Waals surface area contributed by atoms with Crippen molar-refractivity contribution in [3.05, 3.63) is 36.0 Å². The summed E-state index contributed by atoms with van der Waals surface area (Å²) in [5.74, 6) is -6.55. The molecule has 0 spiro atoms. The number of guanidine groups is 1. The smallest absolute Gasteiger partial charge is 0.326 e. The lowest BCUT2D eigenvalue weighted by Crippen LogP contribution is -2.59. The van der Waals surface area contributed by atoms with Crippen molar-refractivity contribution >= 4 is 64.2 Å². The van der Waals surface area contributed by atoms with Gasteiger partial charge in [-0.3, -0.25) is 39.0 Å². The minimum atomic E-state index is -1.31. The van der Waals surface area contributed by atoms with Gasteiger partial charge in [0.05, 0.1) is 13.1 Å². The van der Waals surface area contributed by atoms with Gasteiger partial charge in [-0.2, -0.15) is 0 Å². The number of benzene rings is 1. The molecule has 1 aromatic carbocycles. The molecule has 1 aromatic heterocycles. The number of rotatable bonds is 33. The molecular formula is C42H71N15O9. The van der Waals surface area contributed by atoms with E-state index in [0.717, 1.165) is 10.9 Å². The molecule has 24 heteroatoms. The van der Waals surface area contributed by atoms with Crippen LogP contribution in [0.2, 0.25) is 0 Å². The van der Waals surface area contributed by atoms with E-state index in [-0.39, 0.29) is 51.2 Å². The predicted octanol–water partition coefficient (Wildman–Crippen LogP) is -3.55. The normalized spacial score (nSPS) is 13.7. The van der Waals surface area contributed by atoms with Crippen LogP contribution in [-0.4, -0.2) is 139 Å². The number of H-pyrrole nitrogens is 1. The molecule has 0 saturated heterocycles. The number of unbranched alkanes of at least 4 members (excludes halogenated alkanes) is 3. The quantitative estimate of drug-likeness (QED) is 0.0187. The highest BCUT2D eigenvalue weighted by Crippen LogP contribution is 2.20. The van der Waals surface area contributed by atoms with Crippen molar-refractivity contribution < 1.29 is 43.5 Å². The Morgan fingerprint density at radius 1 is 0.606 bits per heavy atom. The Morgan fingerprint density at radius 3 is 1.67 bits per heavy atom. The summed E-state index contributed by atoms with van der Waals surface area (Å²) in [5.41, 5.74) is 29.1. The predicted molar refractivity (Wildman–Crippen MR) is 247 cm³/mol. The van der Waals surface area contributed by atoms with Gasteiger partial charge >= 0.3 is 5.97 Å². The first kappa shape index (κ1) is 55.8. The van der Waals surface area contributed by atoms with Gasteiger partial charge in [0.1, 0.15) is 36.3 Å². The SMILES string of the molecule is C[C@H](NC(=O)CNC(=O)[C@H](CCCNC(=N)N)NC(=O)CN)C(=O)N[C@@H](CCCCN)C(=O)N[C@@H](Cc1c[nH]c2ccccc12)C(=O)N[C@@H](CCCCN)C(=O)N[C@@H](CCCCN)C(=O)O. The summed E-state index contributed by atoms with van der Waals surface area (Å²) in [6, 6.07) is 0.0903. The van der Waals surface area contributed by atoms with E-state index in [2.05, 4.69) is 47.5 Å². The Labute approximate surface area is 384 Å². The van der Waals surface area contributed by atoms with Crippen molar-refractivity contribution in [2.24, 2.45) is 28.7 Å². The minimum Gasteiger partial charge on any atom is -0.480 e. The summed E-state index contributed by atoms with van der Waals surface area (Å²) in [6.45, 7) is 1.62. The minimum absolute atomic E-state index is 0.0523. The largest absolute Gasteiger partial charge is 0.480 e. The van der Waals surface area contributed by atoms with E-state index in [9.17, 15) is 43.5 Å². The Morgan fingerprint density at radius 2 is 1.11 bits per heavy atom. The van der Waals surface area contributed by atoms with Gasteiger partial charge in [-0.15, -0.1) is 0 Å². The van der Waals surface area contributed by atoms with Crippen molar-refractivity contribution in [1.82, 2.24) is 47.5 Å². The zero-order valence-electron chi connectivity index (χ0n) is 37.7. The third-order valence-corrected chi connectivity index (χ3v) is 10.5. The van der Waals surface area contributed by atoms with Crippen LogP contribution in [0.25, 0.3) is 10.9 Å². The molecule has 6 atom stereocenters. The lowest BCUT2D eigenvalue weighted by atomic mass is 10.0. The van der Waals surface area contributed by atoms with Crippen molar-refractivity contribution in [2.75, 3.05) is 39.3 Å². The van der Waals surface area contributed by atoms with Crippen LogP contribution in [-0.2, 0) is 44.8 Å². The Bertz CT molecular complexity index is 1910. The molecule has 66 heavy (non-hydrogen) atoms. The molecule has 0 bridgehead atoms. The summed E-state index contributed by atoms with van der Waals surface area (Å²) >= 11 is 0. The Balaban J connectivity index is 2.29. The molecule has 0 unspecified atom stereocenters. The average molecular weight is 930 g/mol. The van der Waals surface area contributed by atoms with Gasteiger partial charge in [0.15, 0.2) is 5.96 Å². The standard InChI is InChI=1S/C42H71N15O9/c1-25(52-35(59)24-51-37(61)29(53-34(58)22-46)16-10-20-49-42(47)48)36(60)54-30(13-4-7-17-43)39(63)57-33(21-26-23-50-28-12-3-2-11-27(26)28)40(64)55-31(14-5-8-18-44)38(62)56-32(41(65)66)15-6-9-19-45/h2-3,11-12,23,25,29-33,50H,4-10,13-22,24,43-46H2,1H3,(H,51,61)(H,52,59)(H,53,58)(H,54,60)(H,55,64)(H,56,62)(H,57,63)(H,65,66)(H4,47,48,49)/t25-,29-,30-,31-,32-,33-/m0/s1. The van der Waals surface area contributed by atoms with Gasteiger partial charge in [-0.05, 0) is 109 Å². The third-order valence-electron chi connectivity index (χ3n) is 10.5. The van der Waals surface area contributed by atoms with Crippen LogP contribution in [0.4, 0.5) is 0 Å². The molecular weight excluding hydrogens is 859 g/mol. The zero-order valence-corrected chi connectivity index (χ0v) is 37.7. The van der Waals surface area contributed by atoms with Crippen molar-refractivity contribution in [1.29, 1.82) is 5.41 Å². The van der Waals surface area contributed by atoms with Crippen LogP contribution in [0.15, 0.2) is 30.5 Å². The Kier molecular flexibility index (Phi) is 25.9. The second-order valence-corrected chi connectivity index (χ2v) is 15.8. The number of hydrogen-bond acceptors (Lipinski definition) is 13. The summed E-state index contributed by atoms with van der Waals surface area (Å²) in [6.07, 6.45) is 5.27. The van der Waals surface area contributed by atoms with Crippen LogP contribution in [0.1, 0.15) is 83.1 Å². The van der Waals surface area contributed by atoms with Gasteiger partial charge in [0.2, 0.25) is 41.4 Å². The van der Waals surface area contributed by atoms with Gasteiger partial charge < -0.3 is 81.3 Å². The molecule has 0 fully saturated rings. The number of hydrogen-bond donors (Lipinski definition) is 16. The van der Waals surface area contributed by atoms with Gasteiger partial charge in [0, 0.05) is 30.1 Å². The molecule has 7 amide bonds. The summed E-state index contributed by atoms with van der Waals surface area (Å²) < 4.78 is 0. The molecule has 0 radical (unpaired) electrons. The summed E-state index contributed by atoms with van der Waals surface area (Å²) in [4.78, 5) is 109. The van der Waals surface area contributed by atoms with Gasteiger partial charge in [0.25, 0.3) is 0 Å². The van der Waals surface area contributed by atoms with Crippen LogP contribution in [0.5, 0.6) is 0 Å². The summed E-state index contributed by atoms with van der Waals surface area (Å²) in [7, 11) is 0. The fraction of sp³-hybridized carbons (Fsp3) is 0.595. The molecule has 0 saturated carbocycles. The van der Waals surface area contributed by atoms with E-state index in [0.29, 0.717) is 70.1 Å². The lowest BCUT2D eigenvalue weighted by Gasteiger charge is -2.27. The number of nitrogens with one attached hydrogen (secondary N) is 10. The summed E-state index contributed by atoms with van der Waals surface area (Å²) in [5, 5.41) is 38.5. The topological polar surface area (TPSA) is 423 Å². The van der Waals surface area contributed by atoms with Crippen molar-refractivity contribution in [3.63, 3.8) is 0 Å². The number of amides is 7. The second kappa shape index (κ2) is 30.7. The van der Waals surface area contributed by atoms with E-state index in [4.69, 9.17) is 34.1 Å². The second-order valence-electron chi connectivity index (χ2n) is 15.8. The maximum Gasteiger partial charge on any atom is 0.326 e. The van der Waals surface area contributed by atoms with Gasteiger partial charge in [-0.1, -0.05) is 18.2 Å². The highest BCUT2D eigenvalue weighted by atomic mass is 16.4. The number of para-hydroxylation sites is 1. The first-order chi connectivity index (χ1) is 31.5. The molecule has 368 valence electrons. The molecule has 1 heterocycles. The van der Waals surface area contributed by atoms with Crippen LogP contribution < -0.4 is 71.2 Å². The molecule has 24 nitrogen and oxygen atoms in total. The molecule has 2 aromatic rings. The number of fused-ring (bicyclic) bond motifs is 1. The number of nitrogens with two attached hydrogens (primary N) is 5. The monoisotopic (exact) mass is 930 g/mol. The van der Waals surface area contributed by atoms with Crippen molar-refractivity contribution in [2.45, 2.75) is 120 Å². The van der Waals surface area contributed by atoms with Gasteiger partial charge in [-0.25, -0.2) is 4.79 Å².